The zero-order chi connectivity index (χ0) is 36.5. The van der Waals surface area contributed by atoms with Gasteiger partial charge in [-0.1, -0.05) is 97.1 Å². The van der Waals surface area contributed by atoms with Gasteiger partial charge in [-0.05, 0) is 114 Å². The summed E-state index contributed by atoms with van der Waals surface area (Å²) in [6, 6.07) is 53.0. The molecule has 5 heterocycles. The van der Waals surface area contributed by atoms with E-state index in [1.165, 1.54) is 65.3 Å². The van der Waals surface area contributed by atoms with Gasteiger partial charge in [0, 0.05) is 21.5 Å². The third-order valence-electron chi connectivity index (χ3n) is 12.3. The minimum absolute atomic E-state index is 0.179. The molecule has 0 saturated carbocycles. The largest absolute Gasteiger partial charge is 0.352 e. The second-order valence-corrected chi connectivity index (χ2v) is 15.5. The molecule has 0 aliphatic carbocycles. The summed E-state index contributed by atoms with van der Waals surface area (Å²) in [5, 5.41) is 38.0. The number of benzene rings is 8. The average Bonchev–Trinajstić information content (AvgIpc) is 3.95. The van der Waals surface area contributed by atoms with E-state index in [4.69, 9.17) is 0 Å². The van der Waals surface area contributed by atoms with Crippen LogP contribution in [0.2, 0.25) is 0 Å². The van der Waals surface area contributed by atoms with E-state index in [0.29, 0.717) is 0 Å². The second kappa shape index (κ2) is 11.3. The van der Waals surface area contributed by atoms with Crippen LogP contribution in [0.4, 0.5) is 23.3 Å². The van der Waals surface area contributed by atoms with Crippen molar-refractivity contribution in [1.82, 2.24) is 20.6 Å². The van der Waals surface area contributed by atoms with E-state index >= 15 is 0 Å². The van der Waals surface area contributed by atoms with Crippen molar-refractivity contribution in [2.24, 2.45) is 0 Å². The molecule has 8 heteroatoms. The van der Waals surface area contributed by atoms with Crippen LogP contribution in [-0.2, 0) is 0 Å². The standard InChI is InChI=1S/C48H36N8/c1-2-10-26-18-34-33(17-25(26)9-1)41-49-42(34)54-44-37-21-29-13-5-6-14-30(29)22-38(37)46(51-44)56-48-40-24-32-16-8-7-15-31(32)23-39(40)47(52-48)55-45-36-20-28-12-4-3-11-27(28)19-35(36)43(50-45)53-41/h1-24,41-42,47-56H. The molecule has 4 atom stereocenters. The van der Waals surface area contributed by atoms with Crippen molar-refractivity contribution in [3.05, 3.63) is 168 Å². The molecular weight excluding hydrogens is 689 g/mol. The lowest BCUT2D eigenvalue weighted by Gasteiger charge is -2.20. The van der Waals surface area contributed by atoms with Gasteiger partial charge in [-0.25, -0.2) is 0 Å². The molecule has 8 aromatic carbocycles. The summed E-state index contributed by atoms with van der Waals surface area (Å²) in [7, 11) is 0. The van der Waals surface area contributed by atoms with Gasteiger partial charge in [0.05, 0.1) is 0 Å². The van der Waals surface area contributed by atoms with Gasteiger partial charge in [-0.15, -0.1) is 0 Å². The number of hydrogen-bond donors (Lipinski definition) is 8. The van der Waals surface area contributed by atoms with Gasteiger partial charge in [0.25, 0.3) is 0 Å². The maximum Gasteiger partial charge on any atom is 0.114 e. The van der Waals surface area contributed by atoms with E-state index in [1.807, 2.05) is 0 Å². The lowest BCUT2D eigenvalue weighted by atomic mass is 10.00. The number of H-pyrrole nitrogens is 2. The maximum atomic E-state index is 3.96. The molecule has 56 heavy (non-hydrogen) atoms. The Bertz CT molecular complexity index is 2840. The van der Waals surface area contributed by atoms with Gasteiger partial charge >= 0.3 is 0 Å². The van der Waals surface area contributed by atoms with Crippen LogP contribution in [0.1, 0.15) is 46.9 Å². The third kappa shape index (κ3) is 4.48. The van der Waals surface area contributed by atoms with Gasteiger partial charge in [0.2, 0.25) is 0 Å². The predicted octanol–water partition coefficient (Wildman–Crippen LogP) is 11.2. The summed E-state index contributed by atoms with van der Waals surface area (Å²) in [5.41, 5.74) is 4.85. The van der Waals surface area contributed by atoms with E-state index in [0.717, 1.165) is 44.8 Å². The molecule has 0 radical (unpaired) electrons. The van der Waals surface area contributed by atoms with E-state index in [9.17, 15) is 0 Å². The highest BCUT2D eigenvalue weighted by atomic mass is 15.3. The summed E-state index contributed by atoms with van der Waals surface area (Å²) in [6.45, 7) is 0. The highest BCUT2D eigenvalue weighted by Crippen LogP contribution is 2.45. The van der Waals surface area contributed by atoms with Crippen LogP contribution in [-0.4, -0.2) is 9.97 Å². The summed E-state index contributed by atoms with van der Waals surface area (Å²) in [4.78, 5) is 7.69. The Hall–Kier alpha value is -7.00. The molecule has 0 saturated heterocycles. The van der Waals surface area contributed by atoms with Crippen molar-refractivity contribution >= 4 is 87.9 Å². The highest BCUT2D eigenvalue weighted by Gasteiger charge is 2.35. The number of hydrogen-bond acceptors (Lipinski definition) is 6. The fourth-order valence-electron chi connectivity index (χ4n) is 9.58. The molecule has 4 unspecified atom stereocenters. The van der Waals surface area contributed by atoms with Gasteiger partial charge in [0.1, 0.15) is 47.9 Å². The average molecular weight is 725 g/mol. The molecule has 3 aliphatic rings. The topological polar surface area (TPSA) is 104 Å². The lowest BCUT2D eigenvalue weighted by Crippen LogP contribution is -2.29. The molecule has 8 bridgehead atoms. The Balaban J connectivity index is 1.05. The Kier molecular flexibility index (Phi) is 6.11. The van der Waals surface area contributed by atoms with Crippen molar-refractivity contribution in [2.45, 2.75) is 24.7 Å². The highest BCUT2D eigenvalue weighted by molar-refractivity contribution is 6.10. The predicted molar refractivity (Wildman–Crippen MR) is 231 cm³/mol. The molecular formula is C48H36N8. The first kappa shape index (κ1) is 30.3. The fourth-order valence-corrected chi connectivity index (χ4v) is 9.58. The third-order valence-corrected chi connectivity index (χ3v) is 12.3. The van der Waals surface area contributed by atoms with Gasteiger partial charge in [0.15, 0.2) is 0 Å². The summed E-state index contributed by atoms with van der Waals surface area (Å²) >= 11 is 0. The van der Waals surface area contributed by atoms with Crippen LogP contribution in [0.5, 0.6) is 0 Å². The Morgan fingerprint density at radius 1 is 0.268 bits per heavy atom. The van der Waals surface area contributed by atoms with Crippen LogP contribution in [0.3, 0.4) is 0 Å². The van der Waals surface area contributed by atoms with Crippen LogP contribution >= 0.6 is 0 Å². The molecule has 0 fully saturated rings. The minimum Gasteiger partial charge on any atom is -0.352 e. The normalized spacial score (nSPS) is 19.9. The SMILES string of the molecule is c1ccc2cc3c(cc2c1)C1Nc2[nH]c(c4cc5ccccc5cc24)NC2NC(Nc4[nH]c(c5cc6ccccc6cc45)NC3N1)c1cc3ccccc3cc12. The number of nitrogens with one attached hydrogen (secondary N) is 8. The van der Waals surface area contributed by atoms with Crippen LogP contribution in [0.15, 0.2) is 146 Å². The lowest BCUT2D eigenvalue weighted by molar-refractivity contribution is 0.565. The molecule has 0 amide bonds. The number of aromatic nitrogens is 2. The van der Waals surface area contributed by atoms with Gasteiger partial charge < -0.3 is 31.2 Å². The molecule has 3 aliphatic heterocycles. The van der Waals surface area contributed by atoms with Crippen molar-refractivity contribution in [1.29, 1.82) is 0 Å². The Morgan fingerprint density at radius 2 is 0.482 bits per heavy atom. The van der Waals surface area contributed by atoms with Crippen molar-refractivity contribution in [3.8, 4) is 0 Å². The number of rotatable bonds is 0. The second-order valence-electron chi connectivity index (χ2n) is 15.5. The smallest absolute Gasteiger partial charge is 0.114 e. The summed E-state index contributed by atoms with van der Waals surface area (Å²) in [5.74, 6) is 3.84. The first-order valence-corrected chi connectivity index (χ1v) is 19.4. The van der Waals surface area contributed by atoms with Gasteiger partial charge in [-0.2, -0.15) is 0 Å². The van der Waals surface area contributed by atoms with E-state index in [1.54, 1.807) is 0 Å². The molecule has 8 N–H and O–H groups in total. The fraction of sp³-hybridized carbons (Fsp3) is 0.0833. The molecule has 2 aromatic heterocycles. The first-order chi connectivity index (χ1) is 27.7. The van der Waals surface area contributed by atoms with Crippen molar-refractivity contribution in [3.63, 3.8) is 0 Å². The number of anilines is 4. The minimum atomic E-state index is -0.179. The number of fused-ring (bicyclic) bond motifs is 24. The zero-order valence-electron chi connectivity index (χ0n) is 30.2. The Labute approximate surface area is 321 Å². The quantitative estimate of drug-likeness (QED) is 0.0792. The Morgan fingerprint density at radius 3 is 0.714 bits per heavy atom. The van der Waals surface area contributed by atoms with Crippen LogP contribution in [0, 0.1) is 0 Å². The van der Waals surface area contributed by atoms with Gasteiger partial charge in [-0.3, -0.25) is 10.6 Å². The van der Waals surface area contributed by atoms with E-state index in [2.05, 4.69) is 187 Å². The number of aromatic amines is 2. The summed E-state index contributed by atoms with van der Waals surface area (Å²) in [6.07, 6.45) is -0.715. The molecule has 0 spiro atoms. The van der Waals surface area contributed by atoms with E-state index < -0.39 is 0 Å². The molecule has 268 valence electrons. The maximum absolute atomic E-state index is 3.96. The van der Waals surface area contributed by atoms with Crippen LogP contribution in [0.25, 0.3) is 64.6 Å². The van der Waals surface area contributed by atoms with Crippen molar-refractivity contribution < 1.29 is 0 Å². The molecule has 8 nitrogen and oxygen atoms in total. The van der Waals surface area contributed by atoms with Crippen molar-refractivity contribution in [2.75, 3.05) is 21.3 Å². The monoisotopic (exact) mass is 724 g/mol. The first-order valence-electron chi connectivity index (χ1n) is 19.4. The molecule has 13 rings (SSSR count). The molecule has 10 aromatic rings. The zero-order valence-corrected chi connectivity index (χ0v) is 30.2. The van der Waals surface area contributed by atoms with Crippen LogP contribution < -0.4 is 31.9 Å². The summed E-state index contributed by atoms with van der Waals surface area (Å²) < 4.78 is 0. The van der Waals surface area contributed by atoms with E-state index in [-0.39, 0.29) is 24.7 Å².